The summed E-state index contributed by atoms with van der Waals surface area (Å²) in [6.45, 7) is 0. The number of aromatic nitrogens is 2. The maximum absolute atomic E-state index is 14.2. The van der Waals surface area contributed by atoms with Crippen molar-refractivity contribution in [2.24, 2.45) is 7.05 Å². The van der Waals surface area contributed by atoms with Crippen molar-refractivity contribution in [2.75, 3.05) is 26.6 Å². The van der Waals surface area contributed by atoms with Gasteiger partial charge >= 0.3 is 0 Å². The molecule has 29 heavy (non-hydrogen) atoms. The van der Waals surface area contributed by atoms with Crippen LogP contribution in [0.2, 0.25) is 0 Å². The molecule has 0 atom stereocenters. The zero-order chi connectivity index (χ0) is 21.1. The first kappa shape index (κ1) is 20.1. The number of carbonyl (C=O) groups excluding carboxylic acids is 1. The number of nitrogens with one attached hydrogen (secondary N) is 1. The summed E-state index contributed by atoms with van der Waals surface area (Å²) < 4.78 is 44.7. The summed E-state index contributed by atoms with van der Waals surface area (Å²) in [4.78, 5) is 12.9. The van der Waals surface area contributed by atoms with E-state index in [0.29, 0.717) is 22.9 Å². The van der Waals surface area contributed by atoms with Gasteiger partial charge in [0.05, 0.1) is 26.9 Å². The van der Waals surface area contributed by atoms with Crippen LogP contribution in [0.1, 0.15) is 10.4 Å². The zero-order valence-electron chi connectivity index (χ0n) is 16.2. The fraction of sp³-hybridized carbons (Fsp3) is 0.200. The summed E-state index contributed by atoms with van der Waals surface area (Å²) in [5.41, 5.74) is 0.600. The lowest BCUT2D eigenvalue weighted by molar-refractivity contribution is 0.102. The Kier molecular flexibility index (Phi) is 5.67. The molecule has 0 aliphatic heterocycles. The van der Waals surface area contributed by atoms with E-state index in [1.807, 2.05) is 0 Å². The van der Waals surface area contributed by atoms with Crippen molar-refractivity contribution in [3.05, 3.63) is 53.7 Å². The van der Waals surface area contributed by atoms with E-state index < -0.39 is 17.5 Å². The van der Waals surface area contributed by atoms with Gasteiger partial charge in [-0.1, -0.05) is 0 Å². The second kappa shape index (κ2) is 8.17. The predicted molar refractivity (Wildman–Crippen MR) is 103 cm³/mol. The van der Waals surface area contributed by atoms with Crippen LogP contribution in [-0.4, -0.2) is 37.0 Å². The average Bonchev–Trinajstić information content (AvgIpc) is 3.08. The quantitative estimate of drug-likeness (QED) is 0.680. The standard InChI is InChI=1S/C20H19F2N3O4/c1-25-10-14(18(24-25)13-6-5-11(21)7-15(13)22)20(26)23-12-8-16(27-2)19(29-4)17(9-12)28-3/h5-10H,1-4H3,(H,23,26). The van der Waals surface area contributed by atoms with Crippen LogP contribution in [0.4, 0.5) is 14.5 Å². The van der Waals surface area contributed by atoms with E-state index in [2.05, 4.69) is 10.4 Å². The van der Waals surface area contributed by atoms with Crippen molar-refractivity contribution >= 4 is 11.6 Å². The van der Waals surface area contributed by atoms with Gasteiger partial charge in [-0.25, -0.2) is 8.78 Å². The van der Waals surface area contributed by atoms with Gasteiger partial charge in [-0.05, 0) is 12.1 Å². The van der Waals surface area contributed by atoms with Gasteiger partial charge in [-0.2, -0.15) is 5.10 Å². The maximum Gasteiger partial charge on any atom is 0.259 e. The number of benzene rings is 2. The lowest BCUT2D eigenvalue weighted by Gasteiger charge is -2.14. The van der Waals surface area contributed by atoms with Crippen LogP contribution in [0, 0.1) is 11.6 Å². The Bertz CT molecular complexity index is 1040. The highest BCUT2D eigenvalue weighted by atomic mass is 19.1. The number of hydrogen-bond acceptors (Lipinski definition) is 5. The van der Waals surface area contributed by atoms with E-state index in [1.165, 1.54) is 38.3 Å². The number of carbonyl (C=O) groups is 1. The van der Waals surface area contributed by atoms with Crippen LogP contribution in [0.15, 0.2) is 36.5 Å². The van der Waals surface area contributed by atoms with Gasteiger partial charge in [0, 0.05) is 42.7 Å². The average molecular weight is 403 g/mol. The second-order valence-electron chi connectivity index (χ2n) is 6.06. The number of aryl methyl sites for hydroxylation is 1. The summed E-state index contributed by atoms with van der Waals surface area (Å²) in [5, 5.41) is 6.86. The molecule has 0 radical (unpaired) electrons. The van der Waals surface area contributed by atoms with Gasteiger partial charge in [0.25, 0.3) is 5.91 Å². The lowest BCUT2D eigenvalue weighted by atomic mass is 10.1. The Hall–Kier alpha value is -3.62. The smallest absolute Gasteiger partial charge is 0.259 e. The molecule has 0 fully saturated rings. The van der Waals surface area contributed by atoms with Crippen molar-refractivity contribution in [2.45, 2.75) is 0 Å². The second-order valence-corrected chi connectivity index (χ2v) is 6.06. The van der Waals surface area contributed by atoms with Gasteiger partial charge in [0.15, 0.2) is 11.5 Å². The van der Waals surface area contributed by atoms with Crippen molar-refractivity contribution in [1.29, 1.82) is 0 Å². The van der Waals surface area contributed by atoms with Gasteiger partial charge < -0.3 is 19.5 Å². The largest absolute Gasteiger partial charge is 0.493 e. The van der Waals surface area contributed by atoms with Gasteiger partial charge in [-0.15, -0.1) is 0 Å². The molecule has 1 amide bonds. The Labute approximate surface area is 165 Å². The minimum absolute atomic E-state index is 0.0158. The highest BCUT2D eigenvalue weighted by Gasteiger charge is 2.21. The van der Waals surface area contributed by atoms with Gasteiger partial charge in [-0.3, -0.25) is 9.48 Å². The maximum atomic E-state index is 14.2. The van der Waals surface area contributed by atoms with E-state index in [1.54, 1.807) is 19.2 Å². The van der Waals surface area contributed by atoms with E-state index in [0.717, 1.165) is 12.1 Å². The van der Waals surface area contributed by atoms with Crippen LogP contribution in [-0.2, 0) is 7.05 Å². The molecule has 2 aromatic carbocycles. The number of rotatable bonds is 6. The highest BCUT2D eigenvalue weighted by Crippen LogP contribution is 2.40. The van der Waals surface area contributed by atoms with Gasteiger partial charge in [0.2, 0.25) is 5.75 Å². The zero-order valence-corrected chi connectivity index (χ0v) is 16.2. The monoisotopic (exact) mass is 403 g/mol. The molecular formula is C20H19F2N3O4. The number of anilines is 1. The summed E-state index contributed by atoms with van der Waals surface area (Å²) in [6, 6.07) is 6.21. The first-order valence-electron chi connectivity index (χ1n) is 8.48. The fourth-order valence-corrected chi connectivity index (χ4v) is 2.89. The first-order valence-corrected chi connectivity index (χ1v) is 8.48. The van der Waals surface area contributed by atoms with Crippen LogP contribution in [0.25, 0.3) is 11.3 Å². The Morgan fingerprint density at radius 1 is 1.03 bits per heavy atom. The molecular weight excluding hydrogens is 384 g/mol. The van der Waals surface area contributed by atoms with E-state index in [9.17, 15) is 13.6 Å². The molecule has 3 aromatic rings. The van der Waals surface area contributed by atoms with Crippen LogP contribution in [0.3, 0.4) is 0 Å². The first-order chi connectivity index (χ1) is 13.9. The molecule has 1 aromatic heterocycles. The summed E-state index contributed by atoms with van der Waals surface area (Å²) >= 11 is 0. The molecule has 0 bridgehead atoms. The third-order valence-electron chi connectivity index (χ3n) is 4.18. The van der Waals surface area contributed by atoms with E-state index in [4.69, 9.17) is 14.2 Å². The number of amides is 1. The van der Waals surface area contributed by atoms with E-state index >= 15 is 0 Å². The molecule has 0 saturated heterocycles. The third-order valence-corrected chi connectivity index (χ3v) is 4.18. The molecule has 1 N–H and O–H groups in total. The molecule has 0 saturated carbocycles. The van der Waals surface area contributed by atoms with Crippen molar-refractivity contribution in [1.82, 2.24) is 9.78 Å². The summed E-state index contributed by atoms with van der Waals surface area (Å²) in [6.07, 6.45) is 1.45. The highest BCUT2D eigenvalue weighted by molar-refractivity contribution is 6.08. The minimum atomic E-state index is -0.814. The van der Waals surface area contributed by atoms with Crippen LogP contribution in [0.5, 0.6) is 17.2 Å². The fourth-order valence-electron chi connectivity index (χ4n) is 2.89. The minimum Gasteiger partial charge on any atom is -0.493 e. The number of ether oxygens (including phenoxy) is 3. The topological polar surface area (TPSA) is 74.6 Å². The van der Waals surface area contributed by atoms with Gasteiger partial charge in [0.1, 0.15) is 17.3 Å². The van der Waals surface area contributed by atoms with Crippen molar-refractivity contribution in [3.63, 3.8) is 0 Å². The Morgan fingerprint density at radius 3 is 2.24 bits per heavy atom. The number of methoxy groups -OCH3 is 3. The van der Waals surface area contributed by atoms with E-state index in [-0.39, 0.29) is 16.8 Å². The number of hydrogen-bond donors (Lipinski definition) is 1. The molecule has 3 rings (SSSR count). The predicted octanol–water partition coefficient (Wildman–Crippen LogP) is 3.64. The van der Waals surface area contributed by atoms with Crippen LogP contribution < -0.4 is 19.5 Å². The molecule has 9 heteroatoms. The molecule has 0 aliphatic rings. The molecule has 7 nitrogen and oxygen atoms in total. The van der Waals surface area contributed by atoms with Crippen LogP contribution >= 0.6 is 0 Å². The number of nitrogens with zero attached hydrogens (tertiary/aromatic N) is 2. The molecule has 0 aliphatic carbocycles. The Balaban J connectivity index is 1.99. The molecule has 0 unspecified atom stereocenters. The van der Waals surface area contributed by atoms with Crippen molar-refractivity contribution in [3.8, 4) is 28.5 Å². The third kappa shape index (κ3) is 3.98. The SMILES string of the molecule is COc1cc(NC(=O)c2cn(C)nc2-c2ccc(F)cc2F)cc(OC)c1OC. The summed E-state index contributed by atoms with van der Waals surface area (Å²) in [7, 11) is 5.98. The normalized spacial score (nSPS) is 10.6. The Morgan fingerprint density at radius 2 is 1.69 bits per heavy atom. The van der Waals surface area contributed by atoms with Crippen molar-refractivity contribution < 1.29 is 27.8 Å². The number of halogens is 2. The molecule has 152 valence electrons. The molecule has 0 spiro atoms. The molecule has 1 heterocycles. The lowest BCUT2D eigenvalue weighted by Crippen LogP contribution is -2.13. The summed E-state index contributed by atoms with van der Waals surface area (Å²) in [5.74, 6) is -0.970.